The van der Waals surface area contributed by atoms with Gasteiger partial charge in [0, 0.05) is 36.4 Å². The Morgan fingerprint density at radius 1 is 1.53 bits per heavy atom. The number of hydrogen-bond donors (Lipinski definition) is 1. The number of rotatable bonds is 5. The van der Waals surface area contributed by atoms with E-state index in [1.165, 1.54) is 0 Å². The number of nitrogens with one attached hydrogen (secondary N) is 1. The van der Waals surface area contributed by atoms with Gasteiger partial charge in [-0.25, -0.2) is 0 Å². The van der Waals surface area contributed by atoms with Crippen molar-refractivity contribution in [3.63, 3.8) is 0 Å². The van der Waals surface area contributed by atoms with Gasteiger partial charge in [0.2, 0.25) is 5.91 Å². The molecule has 0 radical (unpaired) electrons. The third-order valence-electron chi connectivity index (χ3n) is 3.15. The quantitative estimate of drug-likeness (QED) is 0.843. The molecule has 1 amide bonds. The second-order valence-electron chi connectivity index (χ2n) is 4.41. The number of likely N-dealkylation sites (N-methyl/N-ethyl adjacent to an activating group) is 1. The van der Waals surface area contributed by atoms with E-state index in [1.807, 2.05) is 24.1 Å². The zero-order chi connectivity index (χ0) is 12.8. The van der Waals surface area contributed by atoms with Crippen LogP contribution in [0.4, 0.5) is 0 Å². The van der Waals surface area contributed by atoms with Crippen LogP contribution in [0, 0.1) is 0 Å². The summed E-state index contributed by atoms with van der Waals surface area (Å²) in [6, 6.07) is 4.25. The fraction of sp³-hybridized carbons (Fsp3) is 0.538. The van der Waals surface area contributed by atoms with E-state index in [0.29, 0.717) is 11.8 Å². The fourth-order valence-electron chi connectivity index (χ4n) is 2.27. The Bertz CT molecular complexity index is 391. The first-order chi connectivity index (χ1) is 8.81. The van der Waals surface area contributed by atoms with Gasteiger partial charge in [0.25, 0.3) is 0 Å². The number of likely N-dealkylation sites (tertiary alicyclic amines) is 1. The molecule has 106 valence electrons. The van der Waals surface area contributed by atoms with Crippen molar-refractivity contribution in [2.45, 2.75) is 23.8 Å². The summed E-state index contributed by atoms with van der Waals surface area (Å²) in [5, 5.41) is 3.16. The average Bonchev–Trinajstić information content (AvgIpc) is 2.86. The number of pyridine rings is 1. The van der Waals surface area contributed by atoms with Gasteiger partial charge in [0.15, 0.2) is 0 Å². The highest BCUT2D eigenvalue weighted by Crippen LogP contribution is 2.21. The lowest BCUT2D eigenvalue weighted by molar-refractivity contribution is -0.129. The molecule has 1 unspecified atom stereocenters. The zero-order valence-corrected chi connectivity index (χ0v) is 12.7. The Hall–Kier alpha value is -0.780. The predicted molar refractivity (Wildman–Crippen MR) is 80.9 cm³/mol. The molecule has 1 fully saturated rings. The Morgan fingerprint density at radius 2 is 2.26 bits per heavy atom. The molecule has 1 saturated heterocycles. The summed E-state index contributed by atoms with van der Waals surface area (Å²) in [6.07, 6.45) is 5.75. The molecule has 4 nitrogen and oxygen atoms in total. The van der Waals surface area contributed by atoms with E-state index in [-0.39, 0.29) is 18.3 Å². The molecule has 1 atom stereocenters. The second kappa shape index (κ2) is 8.40. The van der Waals surface area contributed by atoms with Crippen molar-refractivity contribution in [1.82, 2.24) is 15.2 Å². The van der Waals surface area contributed by atoms with E-state index in [2.05, 4.69) is 10.3 Å². The molecule has 0 bridgehead atoms. The first-order valence-electron chi connectivity index (χ1n) is 6.28. The van der Waals surface area contributed by atoms with Crippen LogP contribution in [-0.2, 0) is 4.79 Å². The monoisotopic (exact) mass is 301 g/mol. The number of nitrogens with zero attached hydrogens (tertiary/aromatic N) is 2. The summed E-state index contributed by atoms with van der Waals surface area (Å²) < 4.78 is 0. The van der Waals surface area contributed by atoms with Crippen LogP contribution in [0.5, 0.6) is 0 Å². The van der Waals surface area contributed by atoms with Crippen LogP contribution in [0.15, 0.2) is 29.4 Å². The molecular formula is C13H20ClN3OS. The lowest BCUT2D eigenvalue weighted by Crippen LogP contribution is -2.41. The first-order valence-corrected chi connectivity index (χ1v) is 7.26. The van der Waals surface area contributed by atoms with Crippen molar-refractivity contribution in [3.05, 3.63) is 24.5 Å². The zero-order valence-electron chi connectivity index (χ0n) is 11.0. The standard InChI is InChI=1S/C13H19N3OS.ClH/c1-14-9-11-3-2-8-16(11)13(17)10-18-12-4-6-15-7-5-12;/h4-7,11,14H,2-3,8-10H2,1H3;1H. The van der Waals surface area contributed by atoms with E-state index in [9.17, 15) is 4.79 Å². The van der Waals surface area contributed by atoms with E-state index in [4.69, 9.17) is 0 Å². The Morgan fingerprint density at radius 3 is 2.95 bits per heavy atom. The van der Waals surface area contributed by atoms with Gasteiger partial charge in [-0.15, -0.1) is 24.2 Å². The van der Waals surface area contributed by atoms with Gasteiger partial charge in [0.05, 0.1) is 5.75 Å². The maximum Gasteiger partial charge on any atom is 0.233 e. The van der Waals surface area contributed by atoms with Crippen molar-refractivity contribution in [3.8, 4) is 0 Å². The highest BCUT2D eigenvalue weighted by atomic mass is 35.5. The normalized spacial score (nSPS) is 18.2. The van der Waals surface area contributed by atoms with Crippen LogP contribution in [0.3, 0.4) is 0 Å². The van der Waals surface area contributed by atoms with E-state index < -0.39 is 0 Å². The molecule has 1 aromatic rings. The molecule has 0 aliphatic carbocycles. The number of amides is 1. The van der Waals surface area contributed by atoms with Gasteiger partial charge in [-0.05, 0) is 32.0 Å². The summed E-state index contributed by atoms with van der Waals surface area (Å²) in [4.78, 5) is 19.3. The van der Waals surface area contributed by atoms with Gasteiger partial charge in [-0.3, -0.25) is 9.78 Å². The molecule has 0 saturated carbocycles. The SMILES string of the molecule is CNCC1CCCN1C(=O)CSc1ccncc1.Cl. The number of aromatic nitrogens is 1. The van der Waals surface area contributed by atoms with Crippen LogP contribution in [-0.4, -0.2) is 47.7 Å². The third kappa shape index (κ3) is 4.67. The Kier molecular flexibility index (Phi) is 7.20. The minimum atomic E-state index is 0. The minimum Gasteiger partial charge on any atom is -0.338 e. The van der Waals surface area contributed by atoms with Gasteiger partial charge < -0.3 is 10.2 Å². The summed E-state index contributed by atoms with van der Waals surface area (Å²) in [5.74, 6) is 0.763. The van der Waals surface area contributed by atoms with E-state index in [1.54, 1.807) is 24.2 Å². The van der Waals surface area contributed by atoms with Crippen molar-refractivity contribution >= 4 is 30.1 Å². The van der Waals surface area contributed by atoms with Crippen molar-refractivity contribution in [1.29, 1.82) is 0 Å². The number of halogens is 1. The summed E-state index contributed by atoms with van der Waals surface area (Å²) in [5.41, 5.74) is 0. The number of carbonyl (C=O) groups excluding carboxylic acids is 1. The van der Waals surface area contributed by atoms with Crippen LogP contribution in [0.25, 0.3) is 0 Å². The number of thioether (sulfide) groups is 1. The molecule has 0 aromatic carbocycles. The highest BCUT2D eigenvalue weighted by molar-refractivity contribution is 8.00. The van der Waals surface area contributed by atoms with Crippen molar-refractivity contribution in [2.75, 3.05) is 25.9 Å². The smallest absolute Gasteiger partial charge is 0.233 e. The maximum atomic E-state index is 12.2. The average molecular weight is 302 g/mol. The minimum absolute atomic E-state index is 0. The topological polar surface area (TPSA) is 45.2 Å². The Labute approximate surface area is 124 Å². The number of carbonyl (C=O) groups is 1. The fourth-order valence-corrected chi connectivity index (χ4v) is 3.04. The summed E-state index contributed by atoms with van der Waals surface area (Å²) in [6.45, 7) is 1.80. The Balaban J connectivity index is 0.00000180. The molecule has 2 rings (SSSR count). The van der Waals surface area contributed by atoms with Crippen LogP contribution >= 0.6 is 24.2 Å². The van der Waals surface area contributed by atoms with E-state index >= 15 is 0 Å². The third-order valence-corrected chi connectivity index (χ3v) is 4.15. The van der Waals surface area contributed by atoms with Gasteiger partial charge in [0.1, 0.15) is 0 Å². The molecule has 1 aliphatic heterocycles. The summed E-state index contributed by atoms with van der Waals surface area (Å²) >= 11 is 1.58. The molecule has 0 spiro atoms. The molecule has 6 heteroatoms. The van der Waals surface area contributed by atoms with Gasteiger partial charge >= 0.3 is 0 Å². The van der Waals surface area contributed by atoms with Crippen molar-refractivity contribution in [2.24, 2.45) is 0 Å². The predicted octanol–water partition coefficient (Wildman–Crippen LogP) is 1.81. The van der Waals surface area contributed by atoms with Crippen LogP contribution < -0.4 is 5.32 Å². The lowest BCUT2D eigenvalue weighted by atomic mass is 10.2. The largest absolute Gasteiger partial charge is 0.338 e. The van der Waals surface area contributed by atoms with Gasteiger partial charge in [-0.1, -0.05) is 0 Å². The molecule has 1 aromatic heterocycles. The molecule has 1 aliphatic rings. The molecule has 1 N–H and O–H groups in total. The van der Waals surface area contributed by atoms with Crippen LogP contribution in [0.1, 0.15) is 12.8 Å². The van der Waals surface area contributed by atoms with Gasteiger partial charge in [-0.2, -0.15) is 0 Å². The second-order valence-corrected chi connectivity index (χ2v) is 5.46. The molecular weight excluding hydrogens is 282 g/mol. The van der Waals surface area contributed by atoms with Crippen LogP contribution in [0.2, 0.25) is 0 Å². The molecule has 19 heavy (non-hydrogen) atoms. The summed E-state index contributed by atoms with van der Waals surface area (Å²) in [7, 11) is 1.94. The molecule has 2 heterocycles. The lowest BCUT2D eigenvalue weighted by Gasteiger charge is -2.24. The first kappa shape index (κ1) is 16.3. The highest BCUT2D eigenvalue weighted by Gasteiger charge is 2.27. The maximum absolute atomic E-state index is 12.2. The van der Waals surface area contributed by atoms with Crippen molar-refractivity contribution < 1.29 is 4.79 Å². The number of hydrogen-bond acceptors (Lipinski definition) is 4. The van der Waals surface area contributed by atoms with E-state index in [0.717, 1.165) is 30.8 Å².